The maximum absolute atomic E-state index is 6.56. The third-order valence-corrected chi connectivity index (χ3v) is 12.9. The van der Waals surface area contributed by atoms with Gasteiger partial charge in [0.05, 0.1) is 0 Å². The van der Waals surface area contributed by atoms with E-state index in [0.717, 1.165) is 12.6 Å². The van der Waals surface area contributed by atoms with E-state index in [-0.39, 0.29) is 0 Å². The number of likely N-dealkylation sites (tertiary alicyclic amines) is 1. The van der Waals surface area contributed by atoms with Crippen LogP contribution in [0.3, 0.4) is 0 Å². The van der Waals surface area contributed by atoms with Gasteiger partial charge in [0.2, 0.25) is 0 Å². The molecule has 0 N–H and O–H groups in total. The normalized spacial score (nSPS) is 19.4. The monoisotopic (exact) mass is 333 g/mol. The summed E-state index contributed by atoms with van der Waals surface area (Å²) in [6.07, 6.45) is 4.13. The zero-order valence-corrected chi connectivity index (χ0v) is 17.7. The third kappa shape index (κ3) is 8.09. The highest BCUT2D eigenvalue weighted by atomic mass is 28.5. The Hall–Kier alpha value is 0.531. The Kier molecular flexibility index (Phi) is 6.68. The molecular weight excluding hydrogens is 298 g/mol. The minimum absolute atomic E-state index is 1.13. The Morgan fingerprint density at radius 2 is 1.20 bits per heavy atom. The van der Waals surface area contributed by atoms with Crippen molar-refractivity contribution in [2.45, 2.75) is 71.1 Å². The second kappa shape index (κ2) is 7.19. The fourth-order valence-electron chi connectivity index (χ4n) is 2.96. The van der Waals surface area contributed by atoms with Crippen LogP contribution in [-0.4, -0.2) is 49.7 Å². The Morgan fingerprint density at radius 3 is 1.60 bits per heavy atom. The van der Waals surface area contributed by atoms with E-state index < -0.39 is 25.2 Å². The summed E-state index contributed by atoms with van der Waals surface area (Å²) in [5.41, 5.74) is 0. The zero-order chi connectivity index (χ0) is 15.4. The first-order valence-corrected chi connectivity index (χ1v) is 17.5. The summed E-state index contributed by atoms with van der Waals surface area (Å²) in [5, 5.41) is 0. The van der Waals surface area contributed by atoms with E-state index in [9.17, 15) is 0 Å². The highest BCUT2D eigenvalue weighted by Gasteiger charge is 2.40. The quantitative estimate of drug-likeness (QED) is 0.650. The molecule has 6 heteroatoms. The van der Waals surface area contributed by atoms with Crippen molar-refractivity contribution in [3.8, 4) is 0 Å². The lowest BCUT2D eigenvalue weighted by molar-refractivity contribution is 0.232. The fourth-order valence-corrected chi connectivity index (χ4v) is 15.4. The Morgan fingerprint density at radius 1 is 0.750 bits per heavy atom. The van der Waals surface area contributed by atoms with Gasteiger partial charge in [0, 0.05) is 12.6 Å². The SMILES string of the molecule is C[Si](C)(C)O[Si](C)(CCN1CCCCC1)O[Si](C)(C)C. The molecule has 0 bridgehead atoms. The molecule has 20 heavy (non-hydrogen) atoms. The van der Waals surface area contributed by atoms with E-state index in [1.165, 1.54) is 32.4 Å². The van der Waals surface area contributed by atoms with Crippen LogP contribution in [0.15, 0.2) is 0 Å². The second-order valence-electron chi connectivity index (χ2n) is 8.21. The molecule has 0 saturated carbocycles. The Balaban J connectivity index is 2.61. The Labute approximate surface area is 129 Å². The number of nitrogens with zero attached hydrogens (tertiary/aromatic N) is 1. The van der Waals surface area contributed by atoms with Crippen molar-refractivity contribution >= 4 is 25.2 Å². The van der Waals surface area contributed by atoms with E-state index in [1.54, 1.807) is 0 Å². The standard InChI is InChI=1S/C14H35NO2Si3/c1-18(2,3)16-20(7,17-19(4,5)6)14-13-15-11-9-8-10-12-15/h8-14H2,1-7H3. The van der Waals surface area contributed by atoms with Crippen molar-refractivity contribution in [2.75, 3.05) is 19.6 Å². The van der Waals surface area contributed by atoms with E-state index in [2.05, 4.69) is 50.7 Å². The zero-order valence-electron chi connectivity index (χ0n) is 14.7. The van der Waals surface area contributed by atoms with Crippen LogP contribution >= 0.6 is 0 Å². The first kappa shape index (κ1) is 18.6. The first-order valence-electron chi connectivity index (χ1n) is 8.12. The minimum Gasteiger partial charge on any atom is -0.437 e. The summed E-state index contributed by atoms with van der Waals surface area (Å²) in [6.45, 7) is 19.7. The molecule has 1 heterocycles. The van der Waals surface area contributed by atoms with E-state index in [4.69, 9.17) is 8.23 Å². The third-order valence-electron chi connectivity index (χ3n) is 3.38. The molecule has 1 fully saturated rings. The number of piperidine rings is 1. The smallest absolute Gasteiger partial charge is 0.315 e. The molecule has 0 unspecified atom stereocenters. The summed E-state index contributed by atoms with van der Waals surface area (Å²) < 4.78 is 13.1. The molecule has 0 aromatic carbocycles. The van der Waals surface area contributed by atoms with Gasteiger partial charge in [-0.25, -0.2) is 0 Å². The lowest BCUT2D eigenvalue weighted by Gasteiger charge is -2.40. The summed E-state index contributed by atoms with van der Waals surface area (Å²) in [6, 6.07) is 1.13. The summed E-state index contributed by atoms with van der Waals surface area (Å²) >= 11 is 0. The summed E-state index contributed by atoms with van der Waals surface area (Å²) in [7, 11) is -5.10. The minimum atomic E-state index is -2.02. The van der Waals surface area contributed by atoms with Crippen molar-refractivity contribution in [2.24, 2.45) is 0 Å². The lowest BCUT2D eigenvalue weighted by Crippen LogP contribution is -2.54. The highest BCUT2D eigenvalue weighted by Crippen LogP contribution is 2.25. The average Bonchev–Trinajstić information content (AvgIpc) is 2.23. The van der Waals surface area contributed by atoms with E-state index >= 15 is 0 Å². The molecule has 120 valence electrons. The van der Waals surface area contributed by atoms with Crippen LogP contribution in [0.1, 0.15) is 19.3 Å². The van der Waals surface area contributed by atoms with Crippen molar-refractivity contribution in [1.82, 2.24) is 4.90 Å². The van der Waals surface area contributed by atoms with Gasteiger partial charge in [0.1, 0.15) is 0 Å². The predicted molar refractivity (Wildman–Crippen MR) is 95.6 cm³/mol. The van der Waals surface area contributed by atoms with Crippen LogP contribution in [0.25, 0.3) is 0 Å². The van der Waals surface area contributed by atoms with Gasteiger partial charge < -0.3 is 13.1 Å². The second-order valence-corrected chi connectivity index (χ2v) is 21.1. The molecule has 1 aliphatic rings. The van der Waals surface area contributed by atoms with Crippen molar-refractivity contribution in [3.05, 3.63) is 0 Å². The predicted octanol–water partition coefficient (Wildman–Crippen LogP) is 4.25. The molecule has 1 aliphatic heterocycles. The number of hydrogen-bond acceptors (Lipinski definition) is 3. The number of hydrogen-bond donors (Lipinski definition) is 0. The molecule has 0 aromatic heterocycles. The molecule has 3 nitrogen and oxygen atoms in total. The van der Waals surface area contributed by atoms with E-state index in [1.807, 2.05) is 0 Å². The average molecular weight is 334 g/mol. The van der Waals surface area contributed by atoms with Gasteiger partial charge >= 0.3 is 8.56 Å². The number of rotatable bonds is 7. The lowest BCUT2D eigenvalue weighted by atomic mass is 10.1. The van der Waals surface area contributed by atoms with Gasteiger partial charge in [-0.2, -0.15) is 0 Å². The molecule has 0 aromatic rings. The maximum Gasteiger partial charge on any atom is 0.315 e. The van der Waals surface area contributed by atoms with Gasteiger partial charge in [-0.1, -0.05) is 6.42 Å². The van der Waals surface area contributed by atoms with Crippen LogP contribution in [-0.2, 0) is 8.23 Å². The van der Waals surface area contributed by atoms with Crippen molar-refractivity contribution < 1.29 is 8.23 Å². The van der Waals surface area contributed by atoms with Crippen LogP contribution in [0, 0.1) is 0 Å². The molecule has 0 atom stereocenters. The van der Waals surface area contributed by atoms with Gasteiger partial charge in [-0.3, -0.25) is 0 Å². The summed E-state index contributed by atoms with van der Waals surface area (Å²) in [4.78, 5) is 2.61. The largest absolute Gasteiger partial charge is 0.437 e. The molecule has 0 spiro atoms. The van der Waals surface area contributed by atoms with Crippen molar-refractivity contribution in [3.63, 3.8) is 0 Å². The van der Waals surface area contributed by atoms with Gasteiger partial charge in [-0.15, -0.1) is 0 Å². The molecular formula is C14H35NO2Si3. The van der Waals surface area contributed by atoms with Crippen LogP contribution in [0.2, 0.25) is 51.9 Å². The highest BCUT2D eigenvalue weighted by molar-refractivity contribution is 6.87. The van der Waals surface area contributed by atoms with Crippen molar-refractivity contribution in [1.29, 1.82) is 0 Å². The first-order chi connectivity index (χ1) is 8.99. The topological polar surface area (TPSA) is 21.7 Å². The molecule has 0 radical (unpaired) electrons. The molecule has 0 aliphatic carbocycles. The molecule has 0 amide bonds. The van der Waals surface area contributed by atoms with Gasteiger partial charge in [-0.05, 0) is 71.8 Å². The maximum atomic E-state index is 6.56. The van der Waals surface area contributed by atoms with Crippen LogP contribution in [0.4, 0.5) is 0 Å². The van der Waals surface area contributed by atoms with Crippen LogP contribution < -0.4 is 0 Å². The van der Waals surface area contributed by atoms with Gasteiger partial charge in [0.25, 0.3) is 0 Å². The molecule has 1 saturated heterocycles. The van der Waals surface area contributed by atoms with Crippen LogP contribution in [0.5, 0.6) is 0 Å². The fraction of sp³-hybridized carbons (Fsp3) is 1.00. The Bertz CT molecular complexity index is 278. The van der Waals surface area contributed by atoms with E-state index in [0.29, 0.717) is 0 Å². The van der Waals surface area contributed by atoms with Gasteiger partial charge in [0.15, 0.2) is 16.6 Å². The summed E-state index contributed by atoms with van der Waals surface area (Å²) in [5.74, 6) is 0. The molecule has 1 rings (SSSR count).